The van der Waals surface area contributed by atoms with Gasteiger partial charge in [0.2, 0.25) is 0 Å². The molecule has 0 bridgehead atoms. The van der Waals surface area contributed by atoms with Gasteiger partial charge in [-0.25, -0.2) is 0 Å². The van der Waals surface area contributed by atoms with Crippen molar-refractivity contribution >= 4 is 0 Å². The van der Waals surface area contributed by atoms with Crippen LogP contribution in [0.4, 0.5) is 13.2 Å². The maximum atomic E-state index is 12.3. The zero-order valence-electron chi connectivity index (χ0n) is 11.2. The number of alkyl halides is 3. The third kappa shape index (κ3) is 5.61. The molecule has 0 amide bonds. The molecule has 1 aromatic rings. The van der Waals surface area contributed by atoms with Crippen molar-refractivity contribution in [1.29, 1.82) is 0 Å². The zero-order valence-corrected chi connectivity index (χ0v) is 11.2. The molecule has 108 valence electrons. The molecule has 1 unspecified atom stereocenters. The normalized spacial score (nSPS) is 13.8. The Kier molecular flexibility index (Phi) is 5.82. The Balaban J connectivity index is 2.53. The quantitative estimate of drug-likeness (QED) is 0.861. The Morgan fingerprint density at radius 3 is 2.42 bits per heavy atom. The molecule has 0 aliphatic carbocycles. The lowest BCUT2D eigenvalue weighted by Crippen LogP contribution is -2.35. The van der Waals surface area contributed by atoms with Crippen LogP contribution < -0.4 is 0 Å². The van der Waals surface area contributed by atoms with Crippen LogP contribution in [-0.4, -0.2) is 35.8 Å². The predicted molar refractivity (Wildman–Crippen MR) is 68.9 cm³/mol. The topological polar surface area (TPSA) is 23.5 Å². The Bertz CT molecular complexity index is 393. The number of aliphatic hydroxyl groups excluding tert-OH is 1. The second-order valence-electron chi connectivity index (χ2n) is 4.65. The molecule has 0 radical (unpaired) electrons. The average Bonchev–Trinajstić information content (AvgIpc) is 2.33. The summed E-state index contributed by atoms with van der Waals surface area (Å²) in [7, 11) is 0. The first-order valence-electron chi connectivity index (χ1n) is 6.36. The van der Waals surface area contributed by atoms with Crippen molar-refractivity contribution in [2.24, 2.45) is 0 Å². The molecule has 1 N–H and O–H groups in total. The minimum Gasteiger partial charge on any atom is -0.388 e. The van der Waals surface area contributed by atoms with Crippen molar-refractivity contribution in [1.82, 2.24) is 4.90 Å². The van der Waals surface area contributed by atoms with Crippen LogP contribution in [0.15, 0.2) is 24.3 Å². The smallest absolute Gasteiger partial charge is 0.388 e. The van der Waals surface area contributed by atoms with E-state index < -0.39 is 18.8 Å². The van der Waals surface area contributed by atoms with E-state index in [4.69, 9.17) is 0 Å². The minimum atomic E-state index is -4.19. The van der Waals surface area contributed by atoms with Gasteiger partial charge < -0.3 is 5.11 Å². The van der Waals surface area contributed by atoms with Crippen molar-refractivity contribution < 1.29 is 18.3 Å². The summed E-state index contributed by atoms with van der Waals surface area (Å²) in [5.41, 5.74) is 1.74. The molecule has 19 heavy (non-hydrogen) atoms. The van der Waals surface area contributed by atoms with Gasteiger partial charge in [-0.2, -0.15) is 13.2 Å². The van der Waals surface area contributed by atoms with E-state index >= 15 is 0 Å². The maximum Gasteiger partial charge on any atom is 0.401 e. The zero-order chi connectivity index (χ0) is 14.5. The third-order valence-corrected chi connectivity index (χ3v) is 3.12. The van der Waals surface area contributed by atoms with Crippen molar-refractivity contribution in [3.63, 3.8) is 0 Å². The first kappa shape index (κ1) is 16.0. The molecule has 0 aliphatic rings. The van der Waals surface area contributed by atoms with E-state index in [1.165, 1.54) is 4.90 Å². The van der Waals surface area contributed by atoms with Crippen molar-refractivity contribution in [2.75, 3.05) is 19.6 Å². The highest BCUT2D eigenvalue weighted by Crippen LogP contribution is 2.22. The number of halogens is 3. The largest absolute Gasteiger partial charge is 0.401 e. The third-order valence-electron chi connectivity index (χ3n) is 3.12. The molecule has 0 heterocycles. The number of benzene rings is 1. The van der Waals surface area contributed by atoms with Gasteiger partial charge in [0, 0.05) is 6.54 Å². The number of nitrogens with zero attached hydrogens (tertiary/aromatic N) is 1. The standard InChI is InChI=1S/C14H20F3NO/c1-3-18(10-14(15,16)17)9-8-13(19)12-7-5-4-6-11(12)2/h4-7,13,19H,3,8-10H2,1-2H3. The fourth-order valence-electron chi connectivity index (χ4n) is 2.02. The van der Waals surface area contributed by atoms with Crippen molar-refractivity contribution in [2.45, 2.75) is 32.5 Å². The van der Waals surface area contributed by atoms with E-state index in [0.717, 1.165) is 11.1 Å². The SMILES string of the molecule is CCN(CCC(O)c1ccccc1C)CC(F)(F)F. The summed E-state index contributed by atoms with van der Waals surface area (Å²) in [5.74, 6) is 0. The molecule has 0 aliphatic heterocycles. The lowest BCUT2D eigenvalue weighted by Gasteiger charge is -2.23. The van der Waals surface area contributed by atoms with Crippen molar-refractivity contribution in [3.8, 4) is 0 Å². The van der Waals surface area contributed by atoms with E-state index in [0.29, 0.717) is 13.0 Å². The molecule has 5 heteroatoms. The van der Waals surface area contributed by atoms with Crippen LogP contribution in [-0.2, 0) is 0 Å². The Morgan fingerprint density at radius 1 is 1.26 bits per heavy atom. The molecule has 0 spiro atoms. The molecule has 0 aromatic heterocycles. The van der Waals surface area contributed by atoms with Gasteiger partial charge in [0.1, 0.15) is 0 Å². The lowest BCUT2D eigenvalue weighted by molar-refractivity contribution is -0.146. The minimum absolute atomic E-state index is 0.228. The maximum absolute atomic E-state index is 12.3. The number of hydrogen-bond acceptors (Lipinski definition) is 2. The molecular weight excluding hydrogens is 255 g/mol. The van der Waals surface area contributed by atoms with Gasteiger partial charge in [-0.05, 0) is 31.0 Å². The van der Waals surface area contributed by atoms with Gasteiger partial charge in [0.05, 0.1) is 12.6 Å². The van der Waals surface area contributed by atoms with Gasteiger partial charge in [0.25, 0.3) is 0 Å². The first-order valence-corrected chi connectivity index (χ1v) is 6.36. The number of aliphatic hydroxyl groups is 1. The van der Waals surface area contributed by atoms with E-state index in [-0.39, 0.29) is 6.54 Å². The van der Waals surface area contributed by atoms with Crippen LogP contribution in [0, 0.1) is 6.92 Å². The van der Waals surface area contributed by atoms with Gasteiger partial charge >= 0.3 is 6.18 Å². The average molecular weight is 275 g/mol. The van der Waals surface area contributed by atoms with Crippen LogP contribution in [0.1, 0.15) is 30.6 Å². The molecular formula is C14H20F3NO. The van der Waals surface area contributed by atoms with Crippen LogP contribution in [0.3, 0.4) is 0 Å². The Labute approximate surface area is 111 Å². The summed E-state index contributed by atoms with van der Waals surface area (Å²) >= 11 is 0. The van der Waals surface area contributed by atoms with Crippen molar-refractivity contribution in [3.05, 3.63) is 35.4 Å². The first-order chi connectivity index (χ1) is 8.83. The molecule has 1 rings (SSSR count). The number of hydrogen-bond donors (Lipinski definition) is 1. The molecule has 0 fully saturated rings. The van der Waals surface area contributed by atoms with Gasteiger partial charge in [-0.3, -0.25) is 4.90 Å². The van der Waals surface area contributed by atoms with Gasteiger partial charge in [-0.1, -0.05) is 31.2 Å². The Hall–Kier alpha value is -1.07. The van der Waals surface area contributed by atoms with Gasteiger partial charge in [-0.15, -0.1) is 0 Å². The lowest BCUT2D eigenvalue weighted by atomic mass is 10.0. The second-order valence-corrected chi connectivity index (χ2v) is 4.65. The fraction of sp³-hybridized carbons (Fsp3) is 0.571. The van der Waals surface area contributed by atoms with E-state index in [2.05, 4.69) is 0 Å². The Morgan fingerprint density at radius 2 is 1.89 bits per heavy atom. The van der Waals surface area contributed by atoms with Crippen LogP contribution >= 0.6 is 0 Å². The summed E-state index contributed by atoms with van der Waals surface area (Å²) in [6, 6.07) is 7.37. The molecule has 1 atom stereocenters. The highest BCUT2D eigenvalue weighted by Gasteiger charge is 2.30. The highest BCUT2D eigenvalue weighted by atomic mass is 19.4. The monoisotopic (exact) mass is 275 g/mol. The van der Waals surface area contributed by atoms with Crippen LogP contribution in [0.2, 0.25) is 0 Å². The molecule has 0 saturated heterocycles. The van der Waals surface area contributed by atoms with Crippen LogP contribution in [0.25, 0.3) is 0 Å². The van der Waals surface area contributed by atoms with Gasteiger partial charge in [0.15, 0.2) is 0 Å². The van der Waals surface area contributed by atoms with E-state index in [1.54, 1.807) is 13.0 Å². The molecule has 1 aromatic carbocycles. The van der Waals surface area contributed by atoms with E-state index in [9.17, 15) is 18.3 Å². The summed E-state index contributed by atoms with van der Waals surface area (Å²) < 4.78 is 36.9. The molecule has 0 saturated carbocycles. The predicted octanol–water partition coefficient (Wildman–Crippen LogP) is 3.30. The summed E-state index contributed by atoms with van der Waals surface area (Å²) in [6.07, 6.45) is -4.61. The summed E-state index contributed by atoms with van der Waals surface area (Å²) in [4.78, 5) is 1.29. The summed E-state index contributed by atoms with van der Waals surface area (Å²) in [6.45, 7) is 3.19. The fourth-order valence-corrected chi connectivity index (χ4v) is 2.02. The van der Waals surface area contributed by atoms with E-state index in [1.807, 2.05) is 25.1 Å². The summed E-state index contributed by atoms with van der Waals surface area (Å²) in [5, 5.41) is 10.0. The number of aryl methyl sites for hydroxylation is 1. The number of rotatable bonds is 6. The highest BCUT2D eigenvalue weighted by molar-refractivity contribution is 5.27. The second kappa shape index (κ2) is 6.91. The molecule has 2 nitrogen and oxygen atoms in total. The van der Waals surface area contributed by atoms with Crippen LogP contribution in [0.5, 0.6) is 0 Å².